The lowest BCUT2D eigenvalue weighted by Gasteiger charge is -2.20. The molecule has 0 unspecified atom stereocenters. The summed E-state index contributed by atoms with van der Waals surface area (Å²) < 4.78 is 102. The van der Waals surface area contributed by atoms with Gasteiger partial charge in [-0.2, -0.15) is 25.3 Å². The van der Waals surface area contributed by atoms with Crippen LogP contribution in [-0.4, -0.2) is 38.9 Å². The van der Waals surface area contributed by atoms with Gasteiger partial charge in [-0.15, -0.1) is 0 Å². The number of rotatable bonds is 30. The van der Waals surface area contributed by atoms with E-state index in [1.54, 1.807) is 30.3 Å². The van der Waals surface area contributed by atoms with Crippen LogP contribution in [0.4, 0.5) is 0 Å². The van der Waals surface area contributed by atoms with E-state index in [1.165, 1.54) is 95.6 Å². The van der Waals surface area contributed by atoms with E-state index in [0.717, 1.165) is 75.3 Å². The Morgan fingerprint density at radius 2 is 0.707 bits per heavy atom. The van der Waals surface area contributed by atoms with Crippen molar-refractivity contribution in [2.75, 3.05) is 0 Å². The van der Waals surface area contributed by atoms with Gasteiger partial charge in [-0.1, -0.05) is 198 Å². The summed E-state index contributed by atoms with van der Waals surface area (Å²) in [4.78, 5) is -1.29. The van der Waals surface area contributed by atoms with Crippen LogP contribution in [0.3, 0.4) is 0 Å². The van der Waals surface area contributed by atoms with Crippen molar-refractivity contribution in [1.29, 1.82) is 0 Å². The maximum atomic E-state index is 12.6. The Balaban J connectivity index is 0.000000451. The fourth-order valence-electron chi connectivity index (χ4n) is 7.86. The van der Waals surface area contributed by atoms with E-state index in [2.05, 4.69) is 20.8 Å². The summed E-state index contributed by atoms with van der Waals surface area (Å²) in [6, 6.07) is 13.4. The molecule has 9 nitrogen and oxygen atoms in total. The minimum absolute atomic E-state index is 0.0610. The van der Waals surface area contributed by atoms with Gasteiger partial charge in [-0.05, 0) is 66.7 Å². The van der Waals surface area contributed by atoms with Crippen molar-refractivity contribution < 1.29 is 38.9 Å². The van der Waals surface area contributed by atoms with Gasteiger partial charge in [-0.3, -0.25) is 13.7 Å². The Bertz CT molecular complexity index is 1940. The monoisotopic (exact) mass is 866 g/mol. The average molecular weight is 867 g/mol. The lowest BCUT2D eigenvalue weighted by Crippen LogP contribution is -2.15. The zero-order valence-corrected chi connectivity index (χ0v) is 38.2. The number of benzene rings is 3. The van der Waals surface area contributed by atoms with Crippen molar-refractivity contribution in [2.45, 2.75) is 209 Å². The Kier molecular flexibility index (Phi) is 25.2. The molecule has 0 aliphatic carbocycles. The van der Waals surface area contributed by atoms with Gasteiger partial charge >= 0.3 is 0 Å². The summed E-state index contributed by atoms with van der Waals surface area (Å²) in [5.74, 6) is 0. The highest BCUT2D eigenvalue weighted by Crippen LogP contribution is 2.38. The molecular weight excluding hydrogens is 793 g/mol. The summed E-state index contributed by atoms with van der Waals surface area (Å²) in [5, 5.41) is 0.760. The number of fused-ring (bicyclic) bond motifs is 1. The summed E-state index contributed by atoms with van der Waals surface area (Å²) >= 11 is 0. The van der Waals surface area contributed by atoms with E-state index in [1.807, 2.05) is 6.07 Å². The molecule has 12 heteroatoms. The minimum Gasteiger partial charge on any atom is -0.282 e. The summed E-state index contributed by atoms with van der Waals surface area (Å²) in [6.07, 6.45) is 29.2. The second-order valence-electron chi connectivity index (χ2n) is 15.9. The van der Waals surface area contributed by atoms with Crippen LogP contribution < -0.4 is 0 Å². The van der Waals surface area contributed by atoms with Gasteiger partial charge in [-0.25, -0.2) is 0 Å². The smallest absolute Gasteiger partial charge is 0.282 e. The summed E-state index contributed by atoms with van der Waals surface area (Å²) in [5.41, 5.74) is 1.83. The Morgan fingerprint density at radius 3 is 1.12 bits per heavy atom. The second kappa shape index (κ2) is 28.2. The van der Waals surface area contributed by atoms with Gasteiger partial charge in [0, 0.05) is 5.39 Å². The van der Waals surface area contributed by atoms with Gasteiger partial charge in [0.2, 0.25) is 0 Å². The molecular formula is C46H74O9S3. The van der Waals surface area contributed by atoms with Crippen molar-refractivity contribution in [3.63, 3.8) is 0 Å². The number of aryl methyl sites for hydroxylation is 2. The predicted molar refractivity (Wildman–Crippen MR) is 239 cm³/mol. The Morgan fingerprint density at radius 1 is 0.362 bits per heavy atom. The number of hydrogen-bond donors (Lipinski definition) is 3. The van der Waals surface area contributed by atoms with Crippen LogP contribution in [0.1, 0.15) is 192 Å². The largest absolute Gasteiger partial charge is 0.296 e. The first-order chi connectivity index (χ1) is 27.7. The van der Waals surface area contributed by atoms with Crippen LogP contribution in [0.5, 0.6) is 0 Å². The molecule has 0 fully saturated rings. The first-order valence-corrected chi connectivity index (χ1v) is 26.6. The molecule has 0 bridgehead atoms. The van der Waals surface area contributed by atoms with Crippen LogP contribution in [0, 0.1) is 0 Å². The highest BCUT2D eigenvalue weighted by Gasteiger charge is 2.32. The maximum absolute atomic E-state index is 12.6. The molecule has 0 spiro atoms. The van der Waals surface area contributed by atoms with Crippen molar-refractivity contribution in [2.24, 2.45) is 0 Å². The lowest BCUT2D eigenvalue weighted by molar-refractivity contribution is 0.465. The maximum Gasteiger partial charge on any atom is 0.296 e. The van der Waals surface area contributed by atoms with E-state index in [-0.39, 0.29) is 10.3 Å². The molecule has 0 aliphatic heterocycles. The predicted octanol–water partition coefficient (Wildman–Crippen LogP) is 13.3. The van der Waals surface area contributed by atoms with Crippen LogP contribution >= 0.6 is 0 Å². The first-order valence-electron chi connectivity index (χ1n) is 22.2. The fraction of sp³-hybridized carbons (Fsp3) is 0.652. The van der Waals surface area contributed by atoms with Crippen LogP contribution in [0.25, 0.3) is 10.8 Å². The molecule has 0 saturated carbocycles. The zero-order valence-electron chi connectivity index (χ0n) is 35.7. The van der Waals surface area contributed by atoms with Gasteiger partial charge in [0.1, 0.15) is 9.79 Å². The highest BCUT2D eigenvalue weighted by atomic mass is 32.2. The van der Waals surface area contributed by atoms with Crippen LogP contribution in [0.2, 0.25) is 0 Å². The molecule has 3 N–H and O–H groups in total. The molecule has 58 heavy (non-hydrogen) atoms. The molecule has 3 aromatic rings. The molecule has 0 aromatic heterocycles. The highest BCUT2D eigenvalue weighted by molar-refractivity contribution is 7.89. The van der Waals surface area contributed by atoms with E-state index in [9.17, 15) is 38.9 Å². The third-order valence-electron chi connectivity index (χ3n) is 11.0. The van der Waals surface area contributed by atoms with Gasteiger partial charge in [0.25, 0.3) is 30.4 Å². The fourth-order valence-corrected chi connectivity index (χ4v) is 10.9. The average Bonchev–Trinajstić information content (AvgIpc) is 3.17. The lowest BCUT2D eigenvalue weighted by atomic mass is 9.91. The van der Waals surface area contributed by atoms with Gasteiger partial charge < -0.3 is 0 Å². The third-order valence-corrected chi connectivity index (χ3v) is 14.0. The zero-order chi connectivity index (χ0) is 42.9. The molecule has 3 rings (SSSR count). The molecule has 3 aromatic carbocycles. The molecule has 0 heterocycles. The van der Waals surface area contributed by atoms with Crippen LogP contribution in [-0.2, 0) is 49.6 Å². The summed E-state index contributed by atoms with van der Waals surface area (Å²) in [6.45, 7) is 6.58. The van der Waals surface area contributed by atoms with Crippen molar-refractivity contribution in [1.82, 2.24) is 0 Å². The van der Waals surface area contributed by atoms with E-state index >= 15 is 0 Å². The topological polar surface area (TPSA) is 163 Å². The van der Waals surface area contributed by atoms with E-state index < -0.39 is 40.1 Å². The molecule has 0 radical (unpaired) electrons. The van der Waals surface area contributed by atoms with E-state index in [4.69, 9.17) is 0 Å². The Labute approximate surface area is 352 Å². The van der Waals surface area contributed by atoms with Gasteiger partial charge in [0.15, 0.2) is 0 Å². The number of hydrogen-bond acceptors (Lipinski definition) is 6. The number of unbranched alkanes of at least 4 members (excludes halogenated alkanes) is 21. The quantitative estimate of drug-likeness (QED) is 0.0437. The molecule has 0 saturated heterocycles. The normalized spacial score (nSPS) is 12.2. The SMILES string of the molecule is CCCCCCCCCCCCc1ccccc1S(=O)(=O)O.CCCCCCCCCc1c(S(=O)(=O)O)c(S(=O)(=O)O)c2ccccc2c1CCCCCCCCC. The molecule has 0 aliphatic rings. The minimum atomic E-state index is -4.91. The first kappa shape index (κ1) is 51.8. The molecule has 330 valence electrons. The van der Waals surface area contributed by atoms with Gasteiger partial charge in [0.05, 0.1) is 4.90 Å². The van der Waals surface area contributed by atoms with E-state index in [0.29, 0.717) is 36.6 Å². The van der Waals surface area contributed by atoms with Crippen molar-refractivity contribution in [3.05, 3.63) is 65.2 Å². The second-order valence-corrected chi connectivity index (χ2v) is 20.0. The van der Waals surface area contributed by atoms with Crippen molar-refractivity contribution in [3.8, 4) is 0 Å². The molecule has 0 amide bonds. The summed E-state index contributed by atoms with van der Waals surface area (Å²) in [7, 11) is -13.9. The van der Waals surface area contributed by atoms with Crippen molar-refractivity contribution >= 4 is 41.1 Å². The third kappa shape index (κ3) is 19.4. The Hall–Kier alpha value is -2.35. The molecule has 0 atom stereocenters. The standard InChI is InChI=1S/C28H44O6S2.C18H30O3S/c1-3-5-7-9-11-13-15-19-23-24-20-17-18-22-26(24)28(36(32,33)34)27(35(29,30)31)25(23)21-16-14-12-10-8-6-4-2;1-2-3-4-5-6-7-8-9-10-11-14-17-15-12-13-16-18(17)22(19,20)21/h17-18,20,22H,3-16,19,21H2,1-2H3,(H,29,30,31)(H,32,33,34);12-13,15-16H,2-11,14H2,1H3,(H,19,20,21). The van der Waals surface area contributed by atoms with Crippen LogP contribution in [0.15, 0.2) is 63.2 Å².